The van der Waals surface area contributed by atoms with Gasteiger partial charge < -0.3 is 10.1 Å². The van der Waals surface area contributed by atoms with Gasteiger partial charge in [-0.15, -0.1) is 0 Å². The molecule has 28 heavy (non-hydrogen) atoms. The maximum Gasteiger partial charge on any atom is 0.338 e. The minimum absolute atomic E-state index is 0.294. The largest absolute Gasteiger partial charge is 0.462 e. The molecule has 0 saturated carbocycles. The predicted octanol–water partition coefficient (Wildman–Crippen LogP) is 3.86. The molecule has 1 aromatic heterocycles. The van der Waals surface area contributed by atoms with Crippen molar-refractivity contribution in [2.75, 3.05) is 23.2 Å². The van der Waals surface area contributed by atoms with Gasteiger partial charge in [0.15, 0.2) is 0 Å². The second kappa shape index (κ2) is 11.3. The van der Waals surface area contributed by atoms with Crippen LogP contribution in [0.25, 0.3) is 11.1 Å². The normalized spacial score (nSPS) is 10.7. The van der Waals surface area contributed by atoms with Gasteiger partial charge in [0.25, 0.3) is 0 Å². The monoisotopic (exact) mass is 405 g/mol. The van der Waals surface area contributed by atoms with E-state index in [-0.39, 0.29) is 0 Å². The van der Waals surface area contributed by atoms with Gasteiger partial charge in [0.2, 0.25) is 10.9 Å². The Morgan fingerprint density at radius 2 is 1.89 bits per heavy atom. The number of ether oxygens (including phenoxy) is 1. The number of hydrogen-bond acceptors (Lipinski definition) is 6. The molecule has 0 aliphatic carbocycles. The lowest BCUT2D eigenvalue weighted by Crippen LogP contribution is -2.11. The molecule has 2 aromatic rings. The average Bonchev–Trinajstić information content (AvgIpc) is 2.68. The quantitative estimate of drug-likeness (QED) is 0.298. The highest BCUT2D eigenvalue weighted by Gasteiger charge is 2.18. The van der Waals surface area contributed by atoms with Crippen LogP contribution in [0, 0.1) is 0 Å². The fourth-order valence-electron chi connectivity index (χ4n) is 2.70. The molecule has 1 aromatic carbocycles. The Bertz CT molecular complexity index is 846. The van der Waals surface area contributed by atoms with Crippen molar-refractivity contribution < 1.29 is 17.9 Å². The molecule has 0 aliphatic rings. The first kappa shape index (κ1) is 21.7. The van der Waals surface area contributed by atoms with Crippen molar-refractivity contribution in [1.29, 1.82) is 0 Å². The van der Waals surface area contributed by atoms with Gasteiger partial charge in [-0.05, 0) is 31.0 Å². The van der Waals surface area contributed by atoms with Crippen LogP contribution in [0.3, 0.4) is 0 Å². The highest BCUT2D eigenvalue weighted by molar-refractivity contribution is 7.73. The van der Waals surface area contributed by atoms with Gasteiger partial charge in [0, 0.05) is 35.8 Å². The highest BCUT2D eigenvalue weighted by Crippen LogP contribution is 2.36. The van der Waals surface area contributed by atoms with E-state index in [1.807, 2.05) is 13.0 Å². The number of anilines is 2. The van der Waals surface area contributed by atoms with Gasteiger partial charge in [0.1, 0.15) is 0 Å². The molecule has 0 radical (unpaired) electrons. The molecule has 2 N–H and O–H groups in total. The van der Waals surface area contributed by atoms with Gasteiger partial charge in [-0.25, -0.2) is 13.2 Å². The molecule has 0 aliphatic heterocycles. The van der Waals surface area contributed by atoms with E-state index < -0.39 is 16.9 Å². The lowest BCUT2D eigenvalue weighted by molar-refractivity contribution is 0.0500. The zero-order valence-corrected chi connectivity index (χ0v) is 17.1. The minimum Gasteiger partial charge on any atom is -0.462 e. The summed E-state index contributed by atoms with van der Waals surface area (Å²) in [5.41, 5.74) is 2.65. The molecule has 1 heterocycles. The van der Waals surface area contributed by atoms with Crippen molar-refractivity contribution in [2.24, 2.45) is 0 Å². The second-order valence-electron chi connectivity index (χ2n) is 6.33. The summed E-state index contributed by atoms with van der Waals surface area (Å²) in [5.74, 6) is -0.478. The van der Waals surface area contributed by atoms with E-state index in [1.165, 1.54) is 6.07 Å². The van der Waals surface area contributed by atoms with E-state index >= 15 is 0 Å². The standard InChI is InChI=1S/C20H27N3O4S/c1-3-5-10-22-17-12-16(20(24)27-11-6-4-2)13-18(23-28(25)26)19(17)15-8-7-9-21-14-15/h7-9,12-14,22,28H,3-6,10-11H2,1-2H3,(H,23,25,26). The first-order chi connectivity index (χ1) is 13.6. The minimum atomic E-state index is -2.91. The van der Waals surface area contributed by atoms with E-state index in [0.717, 1.165) is 31.2 Å². The van der Waals surface area contributed by atoms with Crippen LogP contribution in [0.15, 0.2) is 36.7 Å². The molecule has 7 nitrogen and oxygen atoms in total. The molecule has 152 valence electrons. The number of carbonyl (C=O) groups excluding carboxylic acids is 1. The lowest BCUT2D eigenvalue weighted by atomic mass is 10.00. The van der Waals surface area contributed by atoms with E-state index in [2.05, 4.69) is 21.9 Å². The Labute approximate surface area is 167 Å². The van der Waals surface area contributed by atoms with Gasteiger partial charge in [-0.3, -0.25) is 9.71 Å². The van der Waals surface area contributed by atoms with Crippen LogP contribution >= 0.6 is 0 Å². The first-order valence-corrected chi connectivity index (χ1v) is 10.6. The van der Waals surface area contributed by atoms with Crippen LogP contribution in [-0.4, -0.2) is 32.5 Å². The maximum atomic E-state index is 12.4. The number of unbranched alkanes of at least 4 members (excludes halogenated alkanes) is 2. The summed E-state index contributed by atoms with van der Waals surface area (Å²) < 4.78 is 30.5. The van der Waals surface area contributed by atoms with Crippen LogP contribution in [-0.2, 0) is 15.6 Å². The Balaban J connectivity index is 2.51. The summed E-state index contributed by atoms with van der Waals surface area (Å²) in [5, 5.41) is 3.32. The molecule has 0 saturated heterocycles. The number of nitrogens with zero attached hydrogens (tertiary/aromatic N) is 1. The van der Waals surface area contributed by atoms with Gasteiger partial charge in [-0.2, -0.15) is 0 Å². The van der Waals surface area contributed by atoms with Gasteiger partial charge in [-0.1, -0.05) is 32.8 Å². The number of carbonyl (C=O) groups is 1. The third-order valence-corrected chi connectivity index (χ3v) is 4.54. The first-order valence-electron chi connectivity index (χ1n) is 9.47. The summed E-state index contributed by atoms with van der Waals surface area (Å²) in [7, 11) is -2.91. The number of hydrogen-bond donors (Lipinski definition) is 3. The highest BCUT2D eigenvalue weighted by atomic mass is 32.2. The summed E-state index contributed by atoms with van der Waals surface area (Å²) in [6.07, 6.45) is 6.94. The Kier molecular flexibility index (Phi) is 8.74. The molecular formula is C20H27N3O4S. The van der Waals surface area contributed by atoms with E-state index in [0.29, 0.717) is 35.7 Å². The number of nitrogens with one attached hydrogen (secondary N) is 2. The van der Waals surface area contributed by atoms with Crippen molar-refractivity contribution in [3.8, 4) is 11.1 Å². The molecule has 2 rings (SSSR count). The van der Waals surface area contributed by atoms with Crippen molar-refractivity contribution in [3.05, 3.63) is 42.2 Å². The average molecular weight is 406 g/mol. The third kappa shape index (κ3) is 6.23. The number of rotatable bonds is 11. The molecule has 0 amide bonds. The maximum absolute atomic E-state index is 12.4. The van der Waals surface area contributed by atoms with Crippen LogP contribution in [0.2, 0.25) is 0 Å². The molecule has 0 unspecified atom stereocenters. The van der Waals surface area contributed by atoms with Gasteiger partial charge in [0.05, 0.1) is 17.9 Å². The third-order valence-electron chi connectivity index (χ3n) is 4.11. The molecule has 0 atom stereocenters. The fourth-order valence-corrected chi connectivity index (χ4v) is 3.07. The zero-order chi connectivity index (χ0) is 20.4. The SMILES string of the molecule is CCCCNc1cc(C(=O)OCCCC)cc(N[SH](=O)=O)c1-c1cccnc1. The van der Waals surface area contributed by atoms with Gasteiger partial charge >= 0.3 is 5.97 Å². The smallest absolute Gasteiger partial charge is 0.338 e. The lowest BCUT2D eigenvalue weighted by Gasteiger charge is -2.18. The molecule has 0 bridgehead atoms. The Morgan fingerprint density at radius 3 is 2.54 bits per heavy atom. The van der Waals surface area contributed by atoms with E-state index in [1.54, 1.807) is 24.5 Å². The number of aromatic nitrogens is 1. The topological polar surface area (TPSA) is 97.4 Å². The Hall–Kier alpha value is -2.61. The Morgan fingerprint density at radius 1 is 1.14 bits per heavy atom. The summed E-state index contributed by atoms with van der Waals surface area (Å²) >= 11 is 0. The van der Waals surface area contributed by atoms with Crippen molar-refractivity contribution >= 4 is 28.2 Å². The van der Waals surface area contributed by atoms with Crippen molar-refractivity contribution in [3.63, 3.8) is 0 Å². The predicted molar refractivity (Wildman–Crippen MR) is 112 cm³/mol. The molecular weight excluding hydrogens is 378 g/mol. The molecule has 0 fully saturated rings. The van der Waals surface area contributed by atoms with Crippen LogP contribution in [0.4, 0.5) is 11.4 Å². The fraction of sp³-hybridized carbons (Fsp3) is 0.400. The number of pyridine rings is 1. The van der Waals surface area contributed by atoms with Crippen molar-refractivity contribution in [2.45, 2.75) is 39.5 Å². The molecule has 8 heteroatoms. The molecule has 0 spiro atoms. The number of benzene rings is 1. The van der Waals surface area contributed by atoms with E-state index in [4.69, 9.17) is 4.74 Å². The summed E-state index contributed by atoms with van der Waals surface area (Å²) in [6.45, 7) is 5.12. The summed E-state index contributed by atoms with van der Waals surface area (Å²) in [4.78, 5) is 16.6. The number of esters is 1. The number of thiol groups is 1. The second-order valence-corrected chi connectivity index (χ2v) is 7.06. The van der Waals surface area contributed by atoms with Crippen LogP contribution in [0.1, 0.15) is 49.9 Å². The summed E-state index contributed by atoms with van der Waals surface area (Å²) in [6, 6.07) is 6.83. The van der Waals surface area contributed by atoms with Crippen LogP contribution < -0.4 is 10.0 Å². The zero-order valence-electron chi connectivity index (χ0n) is 16.2. The van der Waals surface area contributed by atoms with E-state index in [9.17, 15) is 13.2 Å². The van der Waals surface area contributed by atoms with Crippen LogP contribution in [0.5, 0.6) is 0 Å². The van der Waals surface area contributed by atoms with Crippen molar-refractivity contribution in [1.82, 2.24) is 4.98 Å².